The van der Waals surface area contributed by atoms with Crippen LogP contribution in [0.5, 0.6) is 0 Å². The van der Waals surface area contributed by atoms with Crippen LogP contribution >= 0.6 is 0 Å². The first-order valence-corrected chi connectivity index (χ1v) is 14.5. The van der Waals surface area contributed by atoms with Crippen LogP contribution in [0.25, 0.3) is 11.0 Å². The van der Waals surface area contributed by atoms with Crippen LogP contribution < -0.4 is 15.4 Å². The van der Waals surface area contributed by atoms with E-state index in [1.165, 1.54) is 4.31 Å². The van der Waals surface area contributed by atoms with E-state index in [-0.39, 0.29) is 23.8 Å². The molecule has 12 nitrogen and oxygen atoms in total. The Morgan fingerprint density at radius 3 is 2.33 bits per heavy atom. The monoisotopic (exact) mass is 591 g/mol. The average molecular weight is 592 g/mol. The number of carbonyl (C=O) groups excluding carboxylic acids is 1. The zero-order valence-electron chi connectivity index (χ0n) is 23.3. The normalized spacial score (nSPS) is 11.5. The van der Waals surface area contributed by atoms with Gasteiger partial charge in [-0.05, 0) is 50.0 Å². The number of nitrogens with two attached hydrogens (primary N) is 1. The summed E-state index contributed by atoms with van der Waals surface area (Å²) in [5.41, 5.74) is 8.48. The van der Waals surface area contributed by atoms with Gasteiger partial charge in [-0.2, -0.15) is 0 Å². The Hall–Kier alpha value is -4.75. The summed E-state index contributed by atoms with van der Waals surface area (Å²) in [6, 6.07) is 20.3. The number of hydrogen-bond acceptors (Lipinski definition) is 7. The Bertz CT molecular complexity index is 1700. The number of nitrogens with one attached hydrogen (secondary N) is 2. The van der Waals surface area contributed by atoms with Crippen molar-refractivity contribution in [3.8, 4) is 0 Å². The second-order valence-electron chi connectivity index (χ2n) is 9.94. The van der Waals surface area contributed by atoms with Crippen LogP contribution in [0.4, 0.5) is 5.69 Å². The number of likely N-dealkylation sites (N-methyl/N-ethyl adjacent to an activating group) is 1. The topological polar surface area (TPSA) is 175 Å². The van der Waals surface area contributed by atoms with Crippen LogP contribution in [0.3, 0.4) is 0 Å². The molecular formula is C29H33N7O5S. The van der Waals surface area contributed by atoms with Crippen molar-refractivity contribution >= 4 is 44.5 Å². The van der Waals surface area contributed by atoms with Crippen molar-refractivity contribution in [2.24, 2.45) is 5.73 Å². The molecular weight excluding hydrogens is 558 g/mol. The number of nitrogen functional groups attached to an aromatic ring is 1. The number of amides is 1. The van der Waals surface area contributed by atoms with Crippen LogP contribution in [-0.2, 0) is 32.6 Å². The van der Waals surface area contributed by atoms with E-state index in [1.807, 2.05) is 31.1 Å². The zero-order chi connectivity index (χ0) is 30.4. The van der Waals surface area contributed by atoms with E-state index in [0.29, 0.717) is 41.1 Å². The van der Waals surface area contributed by atoms with Gasteiger partial charge >= 0.3 is 5.97 Å². The predicted octanol–water partition coefficient (Wildman–Crippen LogP) is 1.87. The van der Waals surface area contributed by atoms with Gasteiger partial charge in [0.05, 0.1) is 21.6 Å². The second kappa shape index (κ2) is 12.8. The number of imidazole rings is 1. The SMILES string of the molecule is CN(C)CCN(c1ccc2c(c1)nc(Cc1ccc(C(=N)N)cc1)n2CC(=O)NCC(=O)O)S(=O)(=O)c1ccccc1. The number of rotatable bonds is 13. The molecule has 0 bridgehead atoms. The molecule has 0 aliphatic heterocycles. The van der Waals surface area contributed by atoms with Gasteiger partial charge in [-0.25, -0.2) is 13.4 Å². The molecule has 0 fully saturated rings. The fourth-order valence-electron chi connectivity index (χ4n) is 4.39. The smallest absolute Gasteiger partial charge is 0.322 e. The Labute approximate surface area is 243 Å². The molecule has 0 saturated carbocycles. The van der Waals surface area contributed by atoms with Gasteiger partial charge in [-0.1, -0.05) is 42.5 Å². The van der Waals surface area contributed by atoms with Crippen molar-refractivity contribution in [1.82, 2.24) is 19.8 Å². The first-order chi connectivity index (χ1) is 20.0. The lowest BCUT2D eigenvalue weighted by Crippen LogP contribution is -2.36. The Morgan fingerprint density at radius 2 is 1.71 bits per heavy atom. The average Bonchev–Trinajstić information content (AvgIpc) is 3.28. The van der Waals surface area contributed by atoms with Crippen molar-refractivity contribution in [1.29, 1.82) is 5.41 Å². The number of carboxylic acid groups (broad SMARTS) is 1. The third-order valence-electron chi connectivity index (χ3n) is 6.55. The van der Waals surface area contributed by atoms with E-state index < -0.39 is 28.4 Å². The van der Waals surface area contributed by atoms with E-state index in [1.54, 1.807) is 65.2 Å². The number of anilines is 1. The maximum Gasteiger partial charge on any atom is 0.322 e. The van der Waals surface area contributed by atoms with E-state index in [9.17, 15) is 18.0 Å². The number of fused-ring (bicyclic) bond motifs is 1. The largest absolute Gasteiger partial charge is 0.480 e. The third-order valence-corrected chi connectivity index (χ3v) is 8.39. The molecule has 0 spiro atoms. The molecule has 0 aliphatic carbocycles. The quantitative estimate of drug-likeness (QED) is 0.135. The summed E-state index contributed by atoms with van der Waals surface area (Å²) >= 11 is 0. The van der Waals surface area contributed by atoms with Gasteiger partial charge in [0, 0.05) is 25.1 Å². The molecule has 0 unspecified atom stereocenters. The van der Waals surface area contributed by atoms with Crippen molar-refractivity contribution in [3.63, 3.8) is 0 Å². The summed E-state index contributed by atoms with van der Waals surface area (Å²) in [6.45, 7) is -0.0283. The van der Waals surface area contributed by atoms with Gasteiger partial charge in [0.2, 0.25) is 5.91 Å². The number of hydrogen-bond donors (Lipinski definition) is 4. The van der Waals surface area contributed by atoms with Gasteiger partial charge in [-0.3, -0.25) is 19.3 Å². The Morgan fingerprint density at radius 1 is 1.02 bits per heavy atom. The molecule has 1 amide bonds. The van der Waals surface area contributed by atoms with E-state index >= 15 is 0 Å². The minimum atomic E-state index is -3.89. The highest BCUT2D eigenvalue weighted by Crippen LogP contribution is 2.28. The van der Waals surface area contributed by atoms with Crippen LogP contribution in [-0.4, -0.2) is 79.4 Å². The van der Waals surface area contributed by atoms with E-state index in [0.717, 1.165) is 5.56 Å². The van der Waals surface area contributed by atoms with Crippen molar-refractivity contribution < 1.29 is 23.1 Å². The molecule has 13 heteroatoms. The maximum atomic E-state index is 13.7. The molecule has 5 N–H and O–H groups in total. The van der Waals surface area contributed by atoms with E-state index in [2.05, 4.69) is 5.32 Å². The number of carbonyl (C=O) groups is 2. The number of aromatic nitrogens is 2. The highest BCUT2D eigenvalue weighted by atomic mass is 32.2. The number of amidine groups is 1. The molecule has 0 aliphatic rings. The summed E-state index contributed by atoms with van der Waals surface area (Å²) < 4.78 is 30.4. The minimum Gasteiger partial charge on any atom is -0.480 e. The maximum absolute atomic E-state index is 13.7. The number of sulfonamides is 1. The van der Waals surface area contributed by atoms with Crippen LogP contribution in [0.2, 0.25) is 0 Å². The summed E-state index contributed by atoms with van der Waals surface area (Å²) in [7, 11) is -0.163. The lowest BCUT2D eigenvalue weighted by atomic mass is 10.1. The molecule has 220 valence electrons. The molecule has 4 rings (SSSR count). The van der Waals surface area contributed by atoms with E-state index in [4.69, 9.17) is 21.2 Å². The lowest BCUT2D eigenvalue weighted by molar-refractivity contribution is -0.138. The third kappa shape index (κ3) is 7.11. The van der Waals surface area contributed by atoms with Crippen LogP contribution in [0.1, 0.15) is 17.0 Å². The van der Waals surface area contributed by atoms with Crippen molar-refractivity contribution in [2.75, 3.05) is 38.0 Å². The molecule has 4 aromatic rings. The first-order valence-electron chi connectivity index (χ1n) is 13.1. The van der Waals surface area contributed by atoms with Crippen LogP contribution in [0, 0.1) is 5.41 Å². The van der Waals surface area contributed by atoms with Gasteiger partial charge < -0.3 is 25.6 Å². The van der Waals surface area contributed by atoms with Crippen molar-refractivity contribution in [2.45, 2.75) is 17.9 Å². The number of aliphatic carboxylic acids is 1. The Kier molecular flexibility index (Phi) is 9.23. The summed E-state index contributed by atoms with van der Waals surface area (Å²) in [4.78, 5) is 30.4. The molecule has 1 aromatic heterocycles. The predicted molar refractivity (Wildman–Crippen MR) is 160 cm³/mol. The van der Waals surface area contributed by atoms with Gasteiger partial charge in [0.15, 0.2) is 0 Å². The molecule has 0 atom stereocenters. The van der Waals surface area contributed by atoms with Crippen molar-refractivity contribution in [3.05, 3.63) is 89.7 Å². The number of carboxylic acids is 1. The molecule has 42 heavy (non-hydrogen) atoms. The minimum absolute atomic E-state index is 0.0549. The zero-order valence-corrected chi connectivity index (χ0v) is 24.1. The fraction of sp³-hybridized carbons (Fsp3) is 0.241. The number of nitrogens with zero attached hydrogens (tertiary/aromatic N) is 4. The molecule has 0 radical (unpaired) electrons. The molecule has 3 aromatic carbocycles. The summed E-state index contributed by atoms with van der Waals surface area (Å²) in [6.07, 6.45) is 0.321. The van der Waals surface area contributed by atoms with Gasteiger partial charge in [-0.15, -0.1) is 0 Å². The van der Waals surface area contributed by atoms with Gasteiger partial charge in [0.1, 0.15) is 24.7 Å². The highest BCUT2D eigenvalue weighted by molar-refractivity contribution is 7.92. The molecule has 1 heterocycles. The van der Waals surface area contributed by atoms with Crippen LogP contribution in [0.15, 0.2) is 77.7 Å². The first kappa shape index (κ1) is 30.2. The summed E-state index contributed by atoms with van der Waals surface area (Å²) in [5.74, 6) is -1.20. The highest BCUT2D eigenvalue weighted by Gasteiger charge is 2.26. The lowest BCUT2D eigenvalue weighted by Gasteiger charge is -2.26. The fourth-order valence-corrected chi connectivity index (χ4v) is 5.86. The standard InChI is InChI=1S/C29H33N7O5S/c1-34(2)14-15-36(42(40,41)23-6-4-3-5-7-23)22-12-13-25-24(17-22)33-26(35(25)19-27(37)32-18-28(38)39)16-20-8-10-21(11-9-20)29(30)31/h3-13,17H,14-16,18-19H2,1-2H3,(H3,30,31)(H,32,37)(H,38,39). The number of benzene rings is 3. The Balaban J connectivity index is 1.77. The molecule has 0 saturated heterocycles. The second-order valence-corrected chi connectivity index (χ2v) is 11.8. The summed E-state index contributed by atoms with van der Waals surface area (Å²) in [5, 5.41) is 19.0. The van der Waals surface area contributed by atoms with Gasteiger partial charge in [0.25, 0.3) is 10.0 Å².